The summed E-state index contributed by atoms with van der Waals surface area (Å²) in [4.78, 5) is 0. The molecule has 0 unspecified atom stereocenters. The molecule has 0 bridgehead atoms. The van der Waals surface area contributed by atoms with Gasteiger partial charge in [0.25, 0.3) is 0 Å². The molecule has 1 nitrogen and oxygen atoms in total. The van der Waals surface area contributed by atoms with Crippen molar-refractivity contribution in [2.45, 2.75) is 99.0 Å². The zero-order valence-corrected chi connectivity index (χ0v) is 18.6. The zero-order valence-electron chi connectivity index (χ0n) is 18.6. The summed E-state index contributed by atoms with van der Waals surface area (Å²) in [5.74, 6) is 6.78. The van der Waals surface area contributed by atoms with Crippen LogP contribution in [0.25, 0.3) is 0 Å². The maximum atomic E-state index is 5.85. The van der Waals surface area contributed by atoms with Crippen LogP contribution in [0.15, 0.2) is 30.3 Å². The molecule has 1 rings (SSSR count). The Morgan fingerprint density at radius 1 is 0.778 bits per heavy atom. The van der Waals surface area contributed by atoms with Gasteiger partial charge in [-0.1, -0.05) is 95.5 Å². The Bertz CT molecular complexity index is 539. The molecule has 0 aliphatic rings. The van der Waals surface area contributed by atoms with Crippen LogP contribution in [0, 0.1) is 22.7 Å². The van der Waals surface area contributed by atoms with Crippen LogP contribution in [0.4, 0.5) is 0 Å². The quantitative estimate of drug-likeness (QED) is 0.269. The molecule has 1 aromatic carbocycles. The highest BCUT2D eigenvalue weighted by atomic mass is 16.5. The minimum atomic E-state index is -0.0676. The van der Waals surface area contributed by atoms with Crippen LogP contribution >= 0.6 is 0 Å². The van der Waals surface area contributed by atoms with E-state index in [2.05, 4.69) is 70.7 Å². The molecule has 0 N–H and O–H groups in total. The Hall–Kier alpha value is -1.26. The number of hydrogen-bond donors (Lipinski definition) is 0. The predicted octanol–water partition coefficient (Wildman–Crippen LogP) is 7.79. The first-order valence-corrected chi connectivity index (χ1v) is 10.9. The minimum Gasteiger partial charge on any atom is -0.375 e. The minimum absolute atomic E-state index is 0.0676. The zero-order chi connectivity index (χ0) is 20.0. The van der Waals surface area contributed by atoms with E-state index < -0.39 is 0 Å². The largest absolute Gasteiger partial charge is 0.375 e. The van der Waals surface area contributed by atoms with Gasteiger partial charge in [-0.05, 0) is 37.7 Å². The van der Waals surface area contributed by atoms with Gasteiger partial charge in [0.05, 0.1) is 13.2 Å². The van der Waals surface area contributed by atoms with Gasteiger partial charge in [-0.15, -0.1) is 5.92 Å². The second-order valence-corrected chi connectivity index (χ2v) is 9.70. The van der Waals surface area contributed by atoms with Crippen LogP contribution in [0.3, 0.4) is 0 Å². The van der Waals surface area contributed by atoms with E-state index in [0.717, 1.165) is 6.42 Å². The van der Waals surface area contributed by atoms with Crippen LogP contribution in [-0.2, 0) is 11.3 Å². The van der Waals surface area contributed by atoms with E-state index in [4.69, 9.17) is 4.74 Å². The molecular weight excluding hydrogens is 328 g/mol. The summed E-state index contributed by atoms with van der Waals surface area (Å²) in [5, 5.41) is 0. The summed E-state index contributed by atoms with van der Waals surface area (Å²) in [7, 11) is 0. The number of benzene rings is 1. The van der Waals surface area contributed by atoms with Crippen molar-refractivity contribution < 1.29 is 4.74 Å². The van der Waals surface area contributed by atoms with E-state index in [1.54, 1.807) is 0 Å². The van der Waals surface area contributed by atoms with Gasteiger partial charge < -0.3 is 4.74 Å². The van der Waals surface area contributed by atoms with Gasteiger partial charge in [0.1, 0.15) is 0 Å². The first kappa shape index (κ1) is 23.8. The maximum Gasteiger partial charge on any atom is 0.0717 e. The fraction of sp³-hybridized carbons (Fsp3) is 0.692. The van der Waals surface area contributed by atoms with Gasteiger partial charge in [-0.2, -0.15) is 0 Å². The lowest BCUT2D eigenvalue weighted by Crippen LogP contribution is -2.17. The van der Waals surface area contributed by atoms with Crippen LogP contribution in [0.2, 0.25) is 0 Å². The molecule has 0 radical (unpaired) electrons. The molecule has 0 aromatic heterocycles. The van der Waals surface area contributed by atoms with Crippen LogP contribution < -0.4 is 0 Å². The highest BCUT2D eigenvalue weighted by Crippen LogP contribution is 2.22. The third-order valence-corrected chi connectivity index (χ3v) is 4.73. The fourth-order valence-corrected chi connectivity index (χ4v) is 3.09. The molecule has 0 aliphatic carbocycles. The maximum absolute atomic E-state index is 5.85. The van der Waals surface area contributed by atoms with Gasteiger partial charge in [-0.3, -0.25) is 0 Å². The van der Waals surface area contributed by atoms with Gasteiger partial charge in [0, 0.05) is 11.8 Å². The van der Waals surface area contributed by atoms with E-state index in [1.165, 1.54) is 56.9 Å². The average molecular weight is 371 g/mol. The number of ether oxygens (including phenoxy) is 1. The Balaban J connectivity index is 2.01. The predicted molar refractivity (Wildman–Crippen MR) is 119 cm³/mol. The van der Waals surface area contributed by atoms with Crippen LogP contribution in [0.5, 0.6) is 0 Å². The van der Waals surface area contributed by atoms with Gasteiger partial charge in [-0.25, -0.2) is 0 Å². The number of unbranched alkanes of at least 4 members (excludes halogenated alkanes) is 7. The van der Waals surface area contributed by atoms with Crippen molar-refractivity contribution in [3.05, 3.63) is 35.9 Å². The van der Waals surface area contributed by atoms with Crippen molar-refractivity contribution in [2.24, 2.45) is 10.8 Å². The average Bonchev–Trinajstić information content (AvgIpc) is 2.59. The van der Waals surface area contributed by atoms with Gasteiger partial charge >= 0.3 is 0 Å². The Kier molecular flexibility index (Phi) is 11.5. The third kappa shape index (κ3) is 14.5. The summed E-state index contributed by atoms with van der Waals surface area (Å²) < 4.78 is 5.85. The molecule has 0 heterocycles. The number of rotatable bonds is 12. The SMILES string of the molecule is CC(C)(C)CCCCCCCCCC#CC(C)(C)COCc1ccccc1. The highest BCUT2D eigenvalue weighted by molar-refractivity contribution is 5.13. The van der Waals surface area contributed by atoms with Crippen LogP contribution in [0.1, 0.15) is 98.0 Å². The summed E-state index contributed by atoms with van der Waals surface area (Å²) in [6.45, 7) is 12.7. The molecular formula is C26H42O. The smallest absolute Gasteiger partial charge is 0.0717 e. The molecule has 27 heavy (non-hydrogen) atoms. The summed E-state index contributed by atoms with van der Waals surface area (Å²) in [6, 6.07) is 10.3. The van der Waals surface area contributed by atoms with E-state index in [9.17, 15) is 0 Å². The fourth-order valence-electron chi connectivity index (χ4n) is 3.09. The Morgan fingerprint density at radius 2 is 1.37 bits per heavy atom. The van der Waals surface area contributed by atoms with Gasteiger partial charge in [0.15, 0.2) is 0 Å². The lowest BCUT2D eigenvalue weighted by molar-refractivity contribution is 0.0753. The third-order valence-electron chi connectivity index (χ3n) is 4.73. The summed E-state index contributed by atoms with van der Waals surface area (Å²) >= 11 is 0. The Morgan fingerprint density at radius 3 is 2.00 bits per heavy atom. The van der Waals surface area contributed by atoms with Crippen molar-refractivity contribution in [3.8, 4) is 11.8 Å². The first-order valence-electron chi connectivity index (χ1n) is 10.9. The monoisotopic (exact) mass is 370 g/mol. The van der Waals surface area contributed by atoms with Crippen molar-refractivity contribution in [2.75, 3.05) is 6.61 Å². The second kappa shape index (κ2) is 13.0. The van der Waals surface area contributed by atoms with Crippen LogP contribution in [-0.4, -0.2) is 6.61 Å². The lowest BCUT2D eigenvalue weighted by atomic mass is 9.89. The molecule has 0 spiro atoms. The molecule has 0 aliphatic heterocycles. The van der Waals surface area contributed by atoms with E-state index in [-0.39, 0.29) is 5.41 Å². The summed E-state index contributed by atoms with van der Waals surface area (Å²) in [5.41, 5.74) is 1.65. The lowest BCUT2D eigenvalue weighted by Gasteiger charge is -2.17. The molecule has 0 saturated heterocycles. The molecule has 0 fully saturated rings. The van der Waals surface area contributed by atoms with Crippen molar-refractivity contribution in [1.29, 1.82) is 0 Å². The van der Waals surface area contributed by atoms with Crippen molar-refractivity contribution in [1.82, 2.24) is 0 Å². The van der Waals surface area contributed by atoms with Crippen molar-refractivity contribution in [3.63, 3.8) is 0 Å². The highest BCUT2D eigenvalue weighted by Gasteiger charge is 2.14. The molecule has 152 valence electrons. The molecule has 0 saturated carbocycles. The first-order chi connectivity index (χ1) is 12.8. The normalized spacial score (nSPS) is 11.9. The molecule has 0 atom stereocenters. The topological polar surface area (TPSA) is 9.23 Å². The Labute approximate surface area is 169 Å². The molecule has 1 heteroatoms. The molecule has 1 aromatic rings. The van der Waals surface area contributed by atoms with E-state index in [0.29, 0.717) is 18.6 Å². The summed E-state index contributed by atoms with van der Waals surface area (Å²) in [6.07, 6.45) is 11.9. The second-order valence-electron chi connectivity index (χ2n) is 9.70. The molecule has 0 amide bonds. The van der Waals surface area contributed by atoms with Gasteiger partial charge in [0.2, 0.25) is 0 Å². The van der Waals surface area contributed by atoms with E-state index >= 15 is 0 Å². The van der Waals surface area contributed by atoms with Crippen molar-refractivity contribution >= 4 is 0 Å². The number of hydrogen-bond acceptors (Lipinski definition) is 1. The standard InChI is InChI=1S/C26H42O/c1-25(2,3)20-16-11-9-7-6-8-10-12-17-21-26(4,5)23-27-22-24-18-14-13-15-19-24/h13-15,18-19H,6-12,16,20,22-23H2,1-5H3. The van der Waals surface area contributed by atoms with E-state index in [1.807, 2.05) is 6.07 Å².